The molecule has 1 aliphatic heterocycles. The van der Waals surface area contributed by atoms with E-state index >= 15 is 0 Å². The summed E-state index contributed by atoms with van der Waals surface area (Å²) < 4.78 is 16.1. The summed E-state index contributed by atoms with van der Waals surface area (Å²) in [5.74, 6) is 2.02. The maximum Gasteiger partial charge on any atom is 0.231 e. The highest BCUT2D eigenvalue weighted by Gasteiger charge is 2.18. The molecule has 0 saturated carbocycles. The smallest absolute Gasteiger partial charge is 0.231 e. The van der Waals surface area contributed by atoms with Crippen molar-refractivity contribution in [3.8, 4) is 62.4 Å². The van der Waals surface area contributed by atoms with Crippen molar-refractivity contribution < 1.29 is 19.3 Å². The van der Waals surface area contributed by atoms with Gasteiger partial charge in [0.05, 0.1) is 41.2 Å². The molecule has 46 heavy (non-hydrogen) atoms. The zero-order valence-electron chi connectivity index (χ0n) is 24.9. The fourth-order valence-electron chi connectivity index (χ4n) is 5.16. The molecule has 7 aromatic rings. The average Bonchev–Trinajstić information content (AvgIpc) is 3.89. The number of hydrogen-bond acceptors (Lipinski definition) is 10. The summed E-state index contributed by atoms with van der Waals surface area (Å²) >= 11 is 0. The number of benzene rings is 2. The Morgan fingerprint density at radius 2 is 1.52 bits per heavy atom. The zero-order chi connectivity index (χ0) is 31.5. The molecule has 2 aromatic carbocycles. The Kier molecular flexibility index (Phi) is 7.75. The van der Waals surface area contributed by atoms with Crippen LogP contribution >= 0.6 is 0 Å². The number of hydrogen-bond donors (Lipinski definition) is 3. The number of aliphatic hydroxyl groups excluding tert-OH is 1. The molecule has 5 aromatic heterocycles. The number of fused-ring (bicyclic) bond motifs is 2. The van der Waals surface area contributed by atoms with Gasteiger partial charge in [-0.3, -0.25) is 15.2 Å². The first kappa shape index (κ1) is 28.6. The van der Waals surface area contributed by atoms with Crippen molar-refractivity contribution in [1.29, 1.82) is 0 Å². The van der Waals surface area contributed by atoms with Gasteiger partial charge in [-0.1, -0.05) is 24.3 Å². The summed E-state index contributed by atoms with van der Waals surface area (Å²) in [6.45, 7) is 1.93. The van der Waals surface area contributed by atoms with Gasteiger partial charge in [0.15, 0.2) is 11.5 Å². The van der Waals surface area contributed by atoms with Crippen molar-refractivity contribution in [2.75, 3.05) is 13.9 Å². The minimum absolute atomic E-state index is 0.245. The quantitative estimate of drug-likeness (QED) is 0.203. The normalized spacial score (nSPS) is 12.4. The molecule has 0 saturated heterocycles. The summed E-state index contributed by atoms with van der Waals surface area (Å²) in [7, 11) is 1.60. The van der Waals surface area contributed by atoms with E-state index in [1.807, 2.05) is 79.1 Å². The van der Waals surface area contributed by atoms with E-state index in [1.165, 1.54) is 6.33 Å². The lowest BCUT2D eigenvalue weighted by Gasteiger charge is -2.07. The number of rotatable bonds is 6. The van der Waals surface area contributed by atoms with Crippen LogP contribution in [-0.2, 0) is 0 Å². The van der Waals surface area contributed by atoms with Gasteiger partial charge in [0.25, 0.3) is 0 Å². The highest BCUT2D eigenvalue weighted by molar-refractivity contribution is 5.90. The standard InChI is InChI=1S/C17H13N5O.C17H15N3O3/c1-23-17-12-8-11(5-6-14(12)19-10-20-17)13-9-21-22-16(13)15-4-2-3-7-18-15;1-10(21)13-3-2-4-14(19-13)17-12(8-18-20-17)11-5-6-15-16(7-11)23-9-22-15/h2-10H,1H3,(H,21,22);2-8,10,21H,9H2,1H3,(H,18,20). The number of pyridine rings is 2. The van der Waals surface area contributed by atoms with E-state index in [0.717, 1.165) is 61.7 Å². The number of H-pyrrole nitrogens is 2. The Bertz CT molecular complexity index is 2130. The molecule has 0 aliphatic carbocycles. The Labute approximate surface area is 263 Å². The first-order valence-electron chi connectivity index (χ1n) is 14.4. The molecule has 0 bridgehead atoms. The summed E-state index contributed by atoms with van der Waals surface area (Å²) in [5, 5.41) is 25.0. The molecule has 12 heteroatoms. The molecule has 0 spiro atoms. The highest BCUT2D eigenvalue weighted by atomic mass is 16.7. The van der Waals surface area contributed by atoms with Crippen molar-refractivity contribution >= 4 is 10.9 Å². The minimum atomic E-state index is -0.622. The second-order valence-corrected chi connectivity index (χ2v) is 10.3. The van der Waals surface area contributed by atoms with Crippen molar-refractivity contribution in [3.05, 3.63) is 103 Å². The average molecular weight is 613 g/mol. The number of nitrogens with one attached hydrogen (secondary N) is 2. The Morgan fingerprint density at radius 3 is 2.28 bits per heavy atom. The molecule has 228 valence electrons. The van der Waals surface area contributed by atoms with Crippen LogP contribution in [0.15, 0.2) is 97.7 Å². The van der Waals surface area contributed by atoms with Crippen molar-refractivity contribution in [1.82, 2.24) is 40.3 Å². The van der Waals surface area contributed by atoms with E-state index in [9.17, 15) is 5.11 Å². The van der Waals surface area contributed by atoms with Gasteiger partial charge in [0.2, 0.25) is 12.7 Å². The summed E-state index contributed by atoms with van der Waals surface area (Å²) in [6, 6.07) is 23.0. The first-order chi connectivity index (χ1) is 22.6. The molecule has 6 heterocycles. The lowest BCUT2D eigenvalue weighted by atomic mass is 10.0. The van der Waals surface area contributed by atoms with Crippen LogP contribution < -0.4 is 14.2 Å². The van der Waals surface area contributed by atoms with Gasteiger partial charge in [-0.2, -0.15) is 10.2 Å². The molecule has 1 atom stereocenters. The van der Waals surface area contributed by atoms with Gasteiger partial charge in [-0.05, 0) is 66.6 Å². The van der Waals surface area contributed by atoms with Gasteiger partial charge in [-0.25, -0.2) is 15.0 Å². The summed E-state index contributed by atoms with van der Waals surface area (Å²) in [6.07, 6.45) is 6.32. The number of aliphatic hydroxyl groups is 1. The molecular weight excluding hydrogens is 584 g/mol. The minimum Gasteiger partial charge on any atom is -0.480 e. The number of methoxy groups -OCH3 is 1. The maximum absolute atomic E-state index is 9.72. The van der Waals surface area contributed by atoms with Crippen molar-refractivity contribution in [2.24, 2.45) is 0 Å². The molecular formula is C34H28N8O4. The van der Waals surface area contributed by atoms with Gasteiger partial charge in [0.1, 0.15) is 17.7 Å². The van der Waals surface area contributed by atoms with Gasteiger partial charge >= 0.3 is 0 Å². The maximum atomic E-state index is 9.72. The van der Waals surface area contributed by atoms with Crippen LogP contribution in [0, 0.1) is 0 Å². The van der Waals surface area contributed by atoms with E-state index in [4.69, 9.17) is 14.2 Å². The fourth-order valence-corrected chi connectivity index (χ4v) is 5.16. The second kappa shape index (κ2) is 12.5. The topological polar surface area (TPSA) is 157 Å². The van der Waals surface area contributed by atoms with Crippen LogP contribution in [-0.4, -0.2) is 59.3 Å². The molecule has 1 aliphatic rings. The van der Waals surface area contributed by atoms with Gasteiger partial charge in [-0.15, -0.1) is 0 Å². The third-order valence-corrected chi connectivity index (χ3v) is 7.42. The molecule has 8 rings (SSSR count). The highest BCUT2D eigenvalue weighted by Crippen LogP contribution is 2.38. The Morgan fingerprint density at radius 1 is 0.783 bits per heavy atom. The fraction of sp³-hybridized carbons (Fsp3) is 0.118. The van der Waals surface area contributed by atoms with Crippen molar-refractivity contribution in [3.63, 3.8) is 0 Å². The van der Waals surface area contributed by atoms with Crippen molar-refractivity contribution in [2.45, 2.75) is 13.0 Å². The monoisotopic (exact) mass is 612 g/mol. The van der Waals surface area contributed by atoms with Gasteiger partial charge in [0, 0.05) is 29.7 Å². The van der Waals surface area contributed by atoms with Crippen LogP contribution in [0.5, 0.6) is 17.4 Å². The SMILES string of the molecule is CC(O)c1cccc(-c2n[nH]cc2-c2ccc3c(c2)OCO3)n1.COc1ncnc2ccc(-c3c[nH]nc3-c3ccccn3)cc12. The van der Waals surface area contributed by atoms with Crippen LogP contribution in [0.3, 0.4) is 0 Å². The predicted octanol–water partition coefficient (Wildman–Crippen LogP) is 6.01. The third kappa shape index (κ3) is 5.60. The molecule has 12 nitrogen and oxygen atoms in total. The molecule has 0 radical (unpaired) electrons. The van der Waals surface area contributed by atoms with E-state index in [2.05, 4.69) is 40.3 Å². The largest absolute Gasteiger partial charge is 0.480 e. The third-order valence-electron chi connectivity index (χ3n) is 7.42. The Hall–Kier alpha value is -6.14. The van der Waals surface area contributed by atoms with Crippen LogP contribution in [0.25, 0.3) is 55.9 Å². The van der Waals surface area contributed by atoms with Crippen LogP contribution in [0.2, 0.25) is 0 Å². The molecule has 0 fully saturated rings. The van der Waals surface area contributed by atoms with Gasteiger partial charge < -0.3 is 19.3 Å². The van der Waals surface area contributed by atoms with Crippen LogP contribution in [0.4, 0.5) is 0 Å². The second-order valence-electron chi connectivity index (χ2n) is 10.3. The number of nitrogens with zero attached hydrogens (tertiary/aromatic N) is 6. The molecule has 3 N–H and O–H groups in total. The predicted molar refractivity (Wildman–Crippen MR) is 171 cm³/mol. The summed E-state index contributed by atoms with van der Waals surface area (Å²) in [4.78, 5) is 17.3. The zero-order valence-corrected chi connectivity index (χ0v) is 24.9. The van der Waals surface area contributed by atoms with Crippen LogP contribution in [0.1, 0.15) is 18.7 Å². The van der Waals surface area contributed by atoms with E-state index < -0.39 is 6.10 Å². The molecule has 0 amide bonds. The number of ether oxygens (including phenoxy) is 3. The lowest BCUT2D eigenvalue weighted by Crippen LogP contribution is -1.97. The number of aromatic nitrogens is 8. The van der Waals surface area contributed by atoms with E-state index in [0.29, 0.717) is 17.3 Å². The first-order valence-corrected chi connectivity index (χ1v) is 14.4. The molecule has 1 unspecified atom stereocenters. The lowest BCUT2D eigenvalue weighted by molar-refractivity contribution is 0.174. The number of aromatic amines is 2. The summed E-state index contributed by atoms with van der Waals surface area (Å²) in [5.41, 5.74) is 8.35. The Balaban J connectivity index is 0.000000147. The van der Waals surface area contributed by atoms with E-state index in [-0.39, 0.29) is 6.79 Å². The van der Waals surface area contributed by atoms with E-state index in [1.54, 1.807) is 26.3 Å².